The van der Waals surface area contributed by atoms with E-state index in [1.165, 1.54) is 125 Å². The smallest absolute Gasteiger partial charge is 0.0784 e. The summed E-state index contributed by atoms with van der Waals surface area (Å²) in [5, 5.41) is 0. The molecule has 2 fully saturated rings. The zero-order valence-electron chi connectivity index (χ0n) is 16.0. The Balaban J connectivity index is 0.00000264. The largest absolute Gasteiger partial charge is 1.00 e. The van der Waals surface area contributed by atoms with Crippen LogP contribution in [0.3, 0.4) is 0 Å². The first-order valence-electron chi connectivity index (χ1n) is 10.3. The number of quaternary nitrogens is 2. The van der Waals surface area contributed by atoms with Crippen LogP contribution in [-0.4, -0.2) is 62.3 Å². The van der Waals surface area contributed by atoms with Gasteiger partial charge in [0.2, 0.25) is 0 Å². The van der Waals surface area contributed by atoms with Crippen LogP contribution in [0.1, 0.15) is 77.0 Å². The van der Waals surface area contributed by atoms with E-state index in [0.29, 0.717) is 0 Å². The van der Waals surface area contributed by atoms with Gasteiger partial charge in [0.25, 0.3) is 0 Å². The molecule has 138 valence electrons. The first-order valence-corrected chi connectivity index (χ1v) is 10.3. The Morgan fingerprint density at radius 2 is 0.783 bits per heavy atom. The molecule has 0 N–H and O–H groups in total. The lowest BCUT2D eigenvalue weighted by molar-refractivity contribution is -0.909. The molecule has 0 radical (unpaired) electrons. The number of nitrogens with zero attached hydrogens (tertiary/aromatic N) is 2. The van der Waals surface area contributed by atoms with Gasteiger partial charge in [0.15, 0.2) is 0 Å². The summed E-state index contributed by atoms with van der Waals surface area (Å²) in [5.74, 6) is 0. The molecule has 0 unspecified atom stereocenters. The molecule has 0 aliphatic carbocycles. The van der Waals surface area contributed by atoms with Crippen LogP contribution in [0.25, 0.3) is 0 Å². The highest BCUT2D eigenvalue weighted by Gasteiger charge is 2.24. The van der Waals surface area contributed by atoms with Crippen molar-refractivity contribution >= 4 is 0 Å². The molecule has 0 bridgehead atoms. The summed E-state index contributed by atoms with van der Waals surface area (Å²) in [6, 6.07) is 0. The molecule has 2 rings (SSSR count). The van der Waals surface area contributed by atoms with E-state index in [-0.39, 0.29) is 17.0 Å². The summed E-state index contributed by atoms with van der Waals surface area (Å²) in [6.07, 6.45) is 17.6. The molecule has 0 aromatic rings. The minimum absolute atomic E-state index is 0. The van der Waals surface area contributed by atoms with E-state index < -0.39 is 0 Å². The van der Waals surface area contributed by atoms with E-state index in [2.05, 4.69) is 14.1 Å². The number of halogens is 1. The van der Waals surface area contributed by atoms with E-state index in [1.54, 1.807) is 0 Å². The molecular formula is C20H42BrN2+. The van der Waals surface area contributed by atoms with Crippen LogP contribution >= 0.6 is 0 Å². The fraction of sp³-hybridized carbons (Fsp3) is 1.00. The first-order chi connectivity index (χ1) is 10.6. The molecule has 2 nitrogen and oxygen atoms in total. The molecule has 2 saturated heterocycles. The Morgan fingerprint density at radius 1 is 0.478 bits per heavy atom. The summed E-state index contributed by atoms with van der Waals surface area (Å²) in [4.78, 5) is 0. The third kappa shape index (κ3) is 8.36. The van der Waals surface area contributed by atoms with Crippen molar-refractivity contribution < 1.29 is 25.9 Å². The summed E-state index contributed by atoms with van der Waals surface area (Å²) < 4.78 is 2.74. The number of hydrogen-bond acceptors (Lipinski definition) is 0. The lowest BCUT2D eigenvalue weighted by Crippen LogP contribution is -3.00. The standard InChI is InChI=1S/C20H42N2.BrH/c1-21(15-9-3-4-10-16-21)19-13-7-8-14-20-22(2)17-11-5-6-12-18-22;/h3-20H2,1-2H3;1H/q+2;/p-1. The van der Waals surface area contributed by atoms with Crippen molar-refractivity contribution in [2.24, 2.45) is 0 Å². The van der Waals surface area contributed by atoms with Crippen LogP contribution in [-0.2, 0) is 0 Å². The topological polar surface area (TPSA) is 0 Å². The van der Waals surface area contributed by atoms with E-state index in [1.807, 2.05) is 0 Å². The van der Waals surface area contributed by atoms with E-state index in [0.717, 1.165) is 0 Å². The Kier molecular flexibility index (Phi) is 10.3. The molecule has 0 aromatic carbocycles. The Labute approximate surface area is 156 Å². The maximum atomic E-state index is 2.51. The number of likely N-dealkylation sites (tertiary alicyclic amines) is 2. The highest BCUT2D eigenvalue weighted by molar-refractivity contribution is 4.54. The van der Waals surface area contributed by atoms with Crippen molar-refractivity contribution in [1.82, 2.24) is 0 Å². The molecule has 0 spiro atoms. The minimum Gasteiger partial charge on any atom is -1.00 e. The maximum Gasteiger partial charge on any atom is 0.0784 e. The van der Waals surface area contributed by atoms with Crippen LogP contribution in [0.4, 0.5) is 0 Å². The third-order valence-corrected chi connectivity index (χ3v) is 6.44. The molecule has 0 amide bonds. The van der Waals surface area contributed by atoms with Crippen molar-refractivity contribution in [3.8, 4) is 0 Å². The summed E-state index contributed by atoms with van der Waals surface area (Å²) in [6.45, 7) is 8.63. The van der Waals surface area contributed by atoms with Crippen LogP contribution in [0.15, 0.2) is 0 Å². The van der Waals surface area contributed by atoms with Crippen LogP contribution in [0.2, 0.25) is 0 Å². The quantitative estimate of drug-likeness (QED) is 0.458. The van der Waals surface area contributed by atoms with E-state index in [9.17, 15) is 0 Å². The van der Waals surface area contributed by atoms with Crippen LogP contribution < -0.4 is 17.0 Å². The zero-order valence-corrected chi connectivity index (χ0v) is 17.6. The van der Waals surface area contributed by atoms with Crippen molar-refractivity contribution in [3.63, 3.8) is 0 Å². The Bertz CT molecular complexity index is 260. The average molecular weight is 390 g/mol. The molecule has 0 saturated carbocycles. The minimum atomic E-state index is 0. The number of rotatable bonds is 7. The second-order valence-corrected chi connectivity index (χ2v) is 8.82. The van der Waals surface area contributed by atoms with E-state index in [4.69, 9.17) is 0 Å². The lowest BCUT2D eigenvalue weighted by Gasteiger charge is -2.34. The van der Waals surface area contributed by atoms with Gasteiger partial charge < -0.3 is 25.9 Å². The van der Waals surface area contributed by atoms with Crippen LogP contribution in [0.5, 0.6) is 0 Å². The van der Waals surface area contributed by atoms with E-state index >= 15 is 0 Å². The van der Waals surface area contributed by atoms with Gasteiger partial charge in [-0.3, -0.25) is 0 Å². The van der Waals surface area contributed by atoms with Gasteiger partial charge in [0.1, 0.15) is 0 Å². The van der Waals surface area contributed by atoms with Gasteiger partial charge in [-0.05, 0) is 77.0 Å². The first kappa shape index (κ1) is 21.4. The predicted molar refractivity (Wildman–Crippen MR) is 97.0 cm³/mol. The molecule has 0 aromatic heterocycles. The molecule has 2 heterocycles. The fourth-order valence-electron chi connectivity index (χ4n) is 4.69. The van der Waals surface area contributed by atoms with Gasteiger partial charge in [0, 0.05) is 0 Å². The molecule has 2 aliphatic rings. The van der Waals surface area contributed by atoms with Crippen LogP contribution in [0, 0.1) is 0 Å². The lowest BCUT2D eigenvalue weighted by atomic mass is 10.1. The maximum absolute atomic E-state index is 2.51. The van der Waals surface area contributed by atoms with Crippen molar-refractivity contribution in [3.05, 3.63) is 0 Å². The number of hydrogen-bond donors (Lipinski definition) is 0. The molecule has 0 atom stereocenters. The summed E-state index contributed by atoms with van der Waals surface area (Å²) >= 11 is 0. The SMILES string of the molecule is C[N+]1(CCCCCC[N+]2(C)CCCCCC2)CCCCCC1.[Br-]. The molecule has 3 heteroatoms. The average Bonchev–Trinajstić information content (AvgIpc) is 2.84. The molecule has 23 heavy (non-hydrogen) atoms. The monoisotopic (exact) mass is 389 g/mol. The normalized spacial score (nSPS) is 24.3. The highest BCUT2D eigenvalue weighted by atomic mass is 79.9. The van der Waals surface area contributed by atoms with Crippen molar-refractivity contribution in [1.29, 1.82) is 0 Å². The van der Waals surface area contributed by atoms with Gasteiger partial charge in [0.05, 0.1) is 53.4 Å². The van der Waals surface area contributed by atoms with Gasteiger partial charge >= 0.3 is 0 Å². The second-order valence-electron chi connectivity index (χ2n) is 8.82. The Morgan fingerprint density at radius 3 is 1.09 bits per heavy atom. The van der Waals surface area contributed by atoms with Gasteiger partial charge in [-0.25, -0.2) is 0 Å². The second kappa shape index (κ2) is 11.1. The van der Waals surface area contributed by atoms with Crippen molar-refractivity contribution in [2.45, 2.75) is 77.0 Å². The van der Waals surface area contributed by atoms with Gasteiger partial charge in [-0.1, -0.05) is 0 Å². The predicted octanol–water partition coefficient (Wildman–Crippen LogP) is 1.59. The van der Waals surface area contributed by atoms with Gasteiger partial charge in [-0.15, -0.1) is 0 Å². The molecule has 2 aliphatic heterocycles. The fourth-order valence-corrected chi connectivity index (χ4v) is 4.69. The van der Waals surface area contributed by atoms with Gasteiger partial charge in [-0.2, -0.15) is 0 Å². The highest BCUT2D eigenvalue weighted by Crippen LogP contribution is 2.19. The number of unbranched alkanes of at least 4 members (excludes halogenated alkanes) is 3. The van der Waals surface area contributed by atoms with Crippen molar-refractivity contribution in [2.75, 3.05) is 53.4 Å². The summed E-state index contributed by atoms with van der Waals surface area (Å²) in [7, 11) is 5.02. The molecular weight excluding hydrogens is 348 g/mol. The Hall–Kier alpha value is 0.400. The summed E-state index contributed by atoms with van der Waals surface area (Å²) in [5.41, 5.74) is 0. The zero-order chi connectivity index (χ0) is 15.7. The third-order valence-electron chi connectivity index (χ3n) is 6.44.